The maximum Gasteiger partial charge on any atom is 0.251 e. The molecule has 1 amide bonds. The summed E-state index contributed by atoms with van der Waals surface area (Å²) in [5, 5.41) is 0.719. The van der Waals surface area contributed by atoms with Crippen molar-refractivity contribution in [3.63, 3.8) is 0 Å². The summed E-state index contributed by atoms with van der Waals surface area (Å²) in [7, 11) is 1.93. The molecule has 5 heteroatoms. The number of carbonyl (C=O) groups is 1. The largest absolute Gasteiger partial charge is 0.319 e. The molecule has 1 saturated carbocycles. The highest BCUT2D eigenvalue weighted by molar-refractivity contribution is 7.17. The molecule has 0 radical (unpaired) electrons. The molecule has 1 aliphatic carbocycles. The Kier molecular flexibility index (Phi) is 2.79. The van der Waals surface area contributed by atoms with Gasteiger partial charge in [0.2, 0.25) is 0 Å². The Bertz CT molecular complexity index is 710. The third-order valence-corrected chi connectivity index (χ3v) is 4.83. The van der Waals surface area contributed by atoms with Crippen LogP contribution in [-0.4, -0.2) is 10.5 Å². The van der Waals surface area contributed by atoms with Gasteiger partial charge in [0.15, 0.2) is 4.80 Å². The normalized spacial score (nSPS) is 16.5. The van der Waals surface area contributed by atoms with Crippen LogP contribution in [0.5, 0.6) is 0 Å². The topological polar surface area (TPSA) is 34.4 Å². The minimum absolute atomic E-state index is 0.00549. The summed E-state index contributed by atoms with van der Waals surface area (Å²) in [5.41, 5.74) is 2.21. The minimum Gasteiger partial charge on any atom is -0.319 e. The van der Waals surface area contributed by atoms with Crippen LogP contribution in [0, 0.1) is 12.8 Å². The van der Waals surface area contributed by atoms with Crippen LogP contribution in [0.15, 0.2) is 17.1 Å². The van der Waals surface area contributed by atoms with Gasteiger partial charge in [0, 0.05) is 13.0 Å². The summed E-state index contributed by atoms with van der Waals surface area (Å²) < 4.78 is 2.96. The lowest BCUT2D eigenvalue weighted by Gasteiger charge is -2.00. The van der Waals surface area contributed by atoms with Crippen LogP contribution in [0.1, 0.15) is 18.4 Å². The smallest absolute Gasteiger partial charge is 0.251 e. The van der Waals surface area contributed by atoms with E-state index in [2.05, 4.69) is 4.99 Å². The number of benzene rings is 1. The molecule has 0 N–H and O–H groups in total. The fourth-order valence-corrected chi connectivity index (χ4v) is 3.40. The molecule has 3 nitrogen and oxygen atoms in total. The summed E-state index contributed by atoms with van der Waals surface area (Å²) >= 11 is 7.68. The third-order valence-electron chi connectivity index (χ3n) is 3.23. The lowest BCUT2D eigenvalue weighted by atomic mass is 10.2. The average Bonchev–Trinajstić information content (AvgIpc) is 3.12. The first-order chi connectivity index (χ1) is 8.58. The van der Waals surface area contributed by atoms with Gasteiger partial charge in [-0.2, -0.15) is 4.99 Å². The molecular weight excluding hydrogens is 268 g/mol. The molecule has 1 fully saturated rings. The zero-order chi connectivity index (χ0) is 12.9. The van der Waals surface area contributed by atoms with Gasteiger partial charge in [0.1, 0.15) is 0 Å². The number of hydrogen-bond donors (Lipinski definition) is 0. The Morgan fingerprint density at radius 3 is 2.83 bits per heavy atom. The summed E-state index contributed by atoms with van der Waals surface area (Å²) in [6.45, 7) is 2.04. The molecule has 0 saturated heterocycles. The van der Waals surface area contributed by atoms with Gasteiger partial charge in [0.05, 0.1) is 15.2 Å². The van der Waals surface area contributed by atoms with Gasteiger partial charge >= 0.3 is 0 Å². The molecule has 3 rings (SSSR count). The highest BCUT2D eigenvalue weighted by Crippen LogP contribution is 2.31. The zero-order valence-electron chi connectivity index (χ0n) is 10.2. The SMILES string of the molecule is Cc1ccc(Cl)c2sc(=NC(=O)C3CC3)n(C)c12. The van der Waals surface area contributed by atoms with Crippen molar-refractivity contribution in [2.45, 2.75) is 19.8 Å². The molecule has 0 aliphatic heterocycles. The second-order valence-electron chi connectivity index (χ2n) is 4.71. The Hall–Kier alpha value is -1.13. The maximum atomic E-state index is 11.8. The summed E-state index contributed by atoms with van der Waals surface area (Å²) in [5.74, 6) is 0.165. The number of nitrogens with zero attached hydrogens (tertiary/aromatic N) is 2. The van der Waals surface area contributed by atoms with Crippen molar-refractivity contribution < 1.29 is 4.79 Å². The fourth-order valence-electron chi connectivity index (χ4n) is 2.03. The van der Waals surface area contributed by atoms with Crippen molar-refractivity contribution in [1.29, 1.82) is 0 Å². The Labute approximate surface area is 114 Å². The number of aryl methyl sites for hydroxylation is 2. The van der Waals surface area contributed by atoms with E-state index in [1.807, 2.05) is 30.7 Å². The van der Waals surface area contributed by atoms with Crippen LogP contribution in [0.2, 0.25) is 5.02 Å². The van der Waals surface area contributed by atoms with Gasteiger partial charge in [-0.3, -0.25) is 4.79 Å². The highest BCUT2D eigenvalue weighted by Gasteiger charge is 2.29. The molecule has 1 heterocycles. The fraction of sp³-hybridized carbons (Fsp3) is 0.385. The Morgan fingerprint density at radius 2 is 2.22 bits per heavy atom. The summed E-state index contributed by atoms with van der Waals surface area (Å²) in [6, 6.07) is 3.88. The molecule has 1 aromatic heterocycles. The maximum absolute atomic E-state index is 11.8. The van der Waals surface area contributed by atoms with Gasteiger partial charge in [-0.15, -0.1) is 0 Å². The van der Waals surface area contributed by atoms with Crippen LogP contribution in [0.3, 0.4) is 0 Å². The molecule has 2 aromatic rings. The number of hydrogen-bond acceptors (Lipinski definition) is 2. The zero-order valence-corrected chi connectivity index (χ0v) is 11.8. The number of thiazole rings is 1. The van der Waals surface area contributed by atoms with Gasteiger partial charge in [-0.05, 0) is 31.4 Å². The van der Waals surface area contributed by atoms with E-state index in [1.165, 1.54) is 11.3 Å². The predicted octanol–water partition coefficient (Wildman–Crippen LogP) is 3.04. The van der Waals surface area contributed by atoms with Crippen LogP contribution in [0.4, 0.5) is 0 Å². The summed E-state index contributed by atoms with van der Waals surface area (Å²) in [4.78, 5) is 16.7. The minimum atomic E-state index is 0.00549. The number of aromatic nitrogens is 1. The molecule has 94 valence electrons. The van der Waals surface area contributed by atoms with Crippen molar-refractivity contribution in [3.8, 4) is 0 Å². The van der Waals surface area contributed by atoms with E-state index in [4.69, 9.17) is 11.6 Å². The van der Waals surface area contributed by atoms with Gasteiger partial charge < -0.3 is 4.57 Å². The first kappa shape index (κ1) is 11.9. The molecule has 0 spiro atoms. The first-order valence-electron chi connectivity index (χ1n) is 5.91. The van der Waals surface area contributed by atoms with E-state index in [0.29, 0.717) is 0 Å². The molecular formula is C13H13ClN2OS. The second kappa shape index (κ2) is 4.21. The Morgan fingerprint density at radius 1 is 1.50 bits per heavy atom. The lowest BCUT2D eigenvalue weighted by molar-refractivity contribution is -0.119. The molecule has 0 bridgehead atoms. The standard InChI is InChI=1S/C13H13ClN2OS/c1-7-3-6-9(14)11-10(7)16(2)13(18-11)15-12(17)8-4-5-8/h3,6,8H,4-5H2,1-2H3. The molecule has 0 unspecified atom stereocenters. The Balaban J connectivity index is 2.25. The van der Waals surface area contributed by atoms with Crippen LogP contribution < -0.4 is 4.80 Å². The van der Waals surface area contributed by atoms with Gasteiger partial charge in [0.25, 0.3) is 5.91 Å². The van der Waals surface area contributed by atoms with Crippen molar-refractivity contribution in [3.05, 3.63) is 27.5 Å². The summed E-state index contributed by atoms with van der Waals surface area (Å²) in [6.07, 6.45) is 1.97. The molecule has 18 heavy (non-hydrogen) atoms. The van der Waals surface area contributed by atoms with E-state index in [1.54, 1.807) is 0 Å². The van der Waals surface area contributed by atoms with Crippen molar-refractivity contribution in [2.24, 2.45) is 18.0 Å². The van der Waals surface area contributed by atoms with Gasteiger partial charge in [-0.25, -0.2) is 0 Å². The van der Waals surface area contributed by atoms with Crippen molar-refractivity contribution >= 4 is 39.1 Å². The first-order valence-corrected chi connectivity index (χ1v) is 7.10. The van der Waals surface area contributed by atoms with E-state index >= 15 is 0 Å². The number of rotatable bonds is 1. The van der Waals surface area contributed by atoms with Crippen molar-refractivity contribution in [1.82, 2.24) is 4.57 Å². The van der Waals surface area contributed by atoms with Crippen LogP contribution in [-0.2, 0) is 11.8 Å². The number of fused-ring (bicyclic) bond motifs is 1. The van der Waals surface area contributed by atoms with E-state index in [-0.39, 0.29) is 11.8 Å². The number of halogens is 1. The number of carbonyl (C=O) groups excluding carboxylic acids is 1. The highest BCUT2D eigenvalue weighted by atomic mass is 35.5. The lowest BCUT2D eigenvalue weighted by Crippen LogP contribution is -2.14. The van der Waals surface area contributed by atoms with E-state index in [0.717, 1.165) is 38.4 Å². The number of amides is 1. The quantitative estimate of drug-likeness (QED) is 0.791. The van der Waals surface area contributed by atoms with Crippen LogP contribution >= 0.6 is 22.9 Å². The molecule has 0 atom stereocenters. The third kappa shape index (κ3) is 1.89. The predicted molar refractivity (Wildman–Crippen MR) is 73.8 cm³/mol. The van der Waals surface area contributed by atoms with Gasteiger partial charge in [-0.1, -0.05) is 29.0 Å². The van der Waals surface area contributed by atoms with E-state index < -0.39 is 0 Å². The molecule has 1 aliphatic rings. The van der Waals surface area contributed by atoms with E-state index in [9.17, 15) is 4.79 Å². The van der Waals surface area contributed by atoms with Crippen molar-refractivity contribution in [2.75, 3.05) is 0 Å². The second-order valence-corrected chi connectivity index (χ2v) is 6.09. The monoisotopic (exact) mass is 280 g/mol. The van der Waals surface area contributed by atoms with Crippen LogP contribution in [0.25, 0.3) is 10.2 Å². The average molecular weight is 281 g/mol. The molecule has 1 aromatic carbocycles.